The summed E-state index contributed by atoms with van der Waals surface area (Å²) in [5.74, 6) is 0.785. The molecular weight excluding hydrogens is 210 g/mol. The van der Waals surface area contributed by atoms with Crippen molar-refractivity contribution in [3.8, 4) is 0 Å². The molecule has 0 spiro atoms. The van der Waals surface area contributed by atoms with Gasteiger partial charge >= 0.3 is 0 Å². The predicted molar refractivity (Wildman–Crippen MR) is 74.1 cm³/mol. The molecule has 17 heavy (non-hydrogen) atoms. The Morgan fingerprint density at radius 3 is 2.35 bits per heavy atom. The minimum atomic E-state index is 0.123. The molecule has 1 rings (SSSR count). The number of hydrogen-bond donors (Lipinski definition) is 1. The Hall–Kier alpha value is -1.02. The zero-order valence-corrected chi connectivity index (χ0v) is 11.7. The third kappa shape index (κ3) is 4.04. The standard InChI is InChI=1S/C15H25NO/c1-6-16(15(3,4)5)11-13-9-7-12(2)8-10-14(13)17/h7-10,12,17H,6,11H2,1-5H3. The molecule has 0 heterocycles. The van der Waals surface area contributed by atoms with E-state index in [0.29, 0.717) is 11.7 Å². The fourth-order valence-corrected chi connectivity index (χ4v) is 1.93. The van der Waals surface area contributed by atoms with Crippen molar-refractivity contribution in [2.24, 2.45) is 5.92 Å². The lowest BCUT2D eigenvalue weighted by Gasteiger charge is -2.35. The van der Waals surface area contributed by atoms with Crippen LogP contribution in [-0.2, 0) is 0 Å². The van der Waals surface area contributed by atoms with E-state index in [9.17, 15) is 5.11 Å². The smallest absolute Gasteiger partial charge is 0.119 e. The van der Waals surface area contributed by atoms with E-state index in [1.807, 2.05) is 12.2 Å². The van der Waals surface area contributed by atoms with Crippen molar-refractivity contribution in [3.05, 3.63) is 35.6 Å². The lowest BCUT2D eigenvalue weighted by atomic mass is 10.0. The molecule has 1 N–H and O–H groups in total. The first-order chi connectivity index (χ1) is 7.84. The number of aliphatic hydroxyl groups is 1. The number of rotatable bonds is 3. The quantitative estimate of drug-likeness (QED) is 0.806. The van der Waals surface area contributed by atoms with Crippen molar-refractivity contribution in [3.63, 3.8) is 0 Å². The van der Waals surface area contributed by atoms with Crippen molar-refractivity contribution >= 4 is 0 Å². The minimum Gasteiger partial charge on any atom is -0.508 e. The van der Waals surface area contributed by atoms with E-state index in [1.54, 1.807) is 0 Å². The largest absolute Gasteiger partial charge is 0.508 e. The van der Waals surface area contributed by atoms with Crippen LogP contribution in [0.1, 0.15) is 34.6 Å². The molecule has 0 aliphatic heterocycles. The lowest BCUT2D eigenvalue weighted by molar-refractivity contribution is 0.158. The van der Waals surface area contributed by atoms with Gasteiger partial charge in [-0.25, -0.2) is 0 Å². The van der Waals surface area contributed by atoms with Crippen LogP contribution in [0, 0.1) is 5.92 Å². The first-order valence-corrected chi connectivity index (χ1v) is 6.38. The van der Waals surface area contributed by atoms with Gasteiger partial charge in [-0.1, -0.05) is 32.1 Å². The zero-order chi connectivity index (χ0) is 13.1. The molecular formula is C15H25NO. The maximum atomic E-state index is 9.99. The zero-order valence-electron chi connectivity index (χ0n) is 11.7. The Balaban J connectivity index is 2.86. The van der Waals surface area contributed by atoms with E-state index >= 15 is 0 Å². The normalized spacial score (nSPS) is 21.2. The van der Waals surface area contributed by atoms with Gasteiger partial charge in [-0.2, -0.15) is 0 Å². The van der Waals surface area contributed by atoms with E-state index in [4.69, 9.17) is 0 Å². The maximum Gasteiger partial charge on any atom is 0.119 e. The van der Waals surface area contributed by atoms with E-state index in [0.717, 1.165) is 18.7 Å². The Labute approximate surface area is 105 Å². The van der Waals surface area contributed by atoms with Gasteiger partial charge in [-0.05, 0) is 39.3 Å². The third-order valence-electron chi connectivity index (χ3n) is 3.18. The Morgan fingerprint density at radius 2 is 1.82 bits per heavy atom. The monoisotopic (exact) mass is 235 g/mol. The molecule has 0 saturated carbocycles. The van der Waals surface area contributed by atoms with Crippen LogP contribution in [0.15, 0.2) is 35.6 Å². The highest BCUT2D eigenvalue weighted by atomic mass is 16.3. The SMILES string of the molecule is CCN(CC1=C(O)C=CC(C)C=C1)C(C)(C)C. The summed E-state index contributed by atoms with van der Waals surface area (Å²) in [5, 5.41) is 9.99. The molecule has 0 amide bonds. The molecule has 2 nitrogen and oxygen atoms in total. The van der Waals surface area contributed by atoms with Crippen LogP contribution < -0.4 is 0 Å². The molecule has 1 aliphatic rings. The molecule has 0 bridgehead atoms. The molecule has 0 fully saturated rings. The van der Waals surface area contributed by atoms with Crippen molar-refractivity contribution in [1.82, 2.24) is 4.90 Å². The molecule has 1 atom stereocenters. The highest BCUT2D eigenvalue weighted by molar-refractivity contribution is 5.33. The summed E-state index contributed by atoms with van der Waals surface area (Å²) in [5.41, 5.74) is 1.12. The summed E-state index contributed by atoms with van der Waals surface area (Å²) in [4.78, 5) is 2.35. The van der Waals surface area contributed by atoms with Gasteiger partial charge in [0.15, 0.2) is 0 Å². The van der Waals surface area contributed by atoms with Gasteiger partial charge in [0.25, 0.3) is 0 Å². The minimum absolute atomic E-state index is 0.123. The molecule has 1 unspecified atom stereocenters. The van der Waals surface area contributed by atoms with Crippen molar-refractivity contribution < 1.29 is 5.11 Å². The Bertz CT molecular complexity index is 344. The number of allylic oxidation sites excluding steroid dienone is 3. The summed E-state index contributed by atoms with van der Waals surface area (Å²) >= 11 is 0. The molecule has 96 valence electrons. The van der Waals surface area contributed by atoms with Gasteiger partial charge in [-0.15, -0.1) is 0 Å². The van der Waals surface area contributed by atoms with E-state index in [-0.39, 0.29) is 5.54 Å². The molecule has 1 aliphatic carbocycles. The third-order valence-corrected chi connectivity index (χ3v) is 3.18. The molecule has 0 aromatic rings. The molecule has 0 aromatic carbocycles. The van der Waals surface area contributed by atoms with Crippen molar-refractivity contribution in [2.45, 2.75) is 40.2 Å². The number of hydrogen-bond acceptors (Lipinski definition) is 2. The highest BCUT2D eigenvalue weighted by Gasteiger charge is 2.21. The van der Waals surface area contributed by atoms with Crippen LogP contribution >= 0.6 is 0 Å². The van der Waals surface area contributed by atoms with Crippen molar-refractivity contribution in [2.75, 3.05) is 13.1 Å². The average molecular weight is 235 g/mol. The van der Waals surface area contributed by atoms with E-state index in [2.05, 4.69) is 51.7 Å². The second kappa shape index (κ2) is 5.54. The number of nitrogens with zero attached hydrogens (tertiary/aromatic N) is 1. The average Bonchev–Trinajstić information content (AvgIpc) is 2.38. The topological polar surface area (TPSA) is 23.5 Å². The van der Waals surface area contributed by atoms with Crippen LogP contribution in [0.2, 0.25) is 0 Å². The van der Waals surface area contributed by atoms with Gasteiger partial charge in [0.1, 0.15) is 5.76 Å². The maximum absolute atomic E-state index is 9.99. The second-order valence-corrected chi connectivity index (χ2v) is 5.67. The highest BCUT2D eigenvalue weighted by Crippen LogP contribution is 2.19. The van der Waals surface area contributed by atoms with Crippen LogP contribution in [0.4, 0.5) is 0 Å². The Kier molecular flexibility index (Phi) is 4.58. The Morgan fingerprint density at radius 1 is 1.24 bits per heavy atom. The van der Waals surface area contributed by atoms with Gasteiger partial charge < -0.3 is 5.11 Å². The van der Waals surface area contributed by atoms with E-state index in [1.165, 1.54) is 0 Å². The van der Waals surface area contributed by atoms with Gasteiger partial charge in [-0.3, -0.25) is 4.90 Å². The fraction of sp³-hybridized carbons (Fsp3) is 0.600. The summed E-state index contributed by atoms with van der Waals surface area (Å²) in [6.07, 6.45) is 8.02. The fourth-order valence-electron chi connectivity index (χ4n) is 1.93. The van der Waals surface area contributed by atoms with Gasteiger partial charge in [0.05, 0.1) is 0 Å². The predicted octanol–water partition coefficient (Wildman–Crippen LogP) is 3.68. The molecule has 0 saturated heterocycles. The second-order valence-electron chi connectivity index (χ2n) is 5.67. The molecule has 0 radical (unpaired) electrons. The van der Waals surface area contributed by atoms with Crippen LogP contribution in [-0.4, -0.2) is 28.6 Å². The van der Waals surface area contributed by atoms with Crippen LogP contribution in [0.3, 0.4) is 0 Å². The van der Waals surface area contributed by atoms with E-state index < -0.39 is 0 Å². The lowest BCUT2D eigenvalue weighted by Crippen LogP contribution is -2.42. The summed E-state index contributed by atoms with van der Waals surface area (Å²) in [6, 6.07) is 0. The van der Waals surface area contributed by atoms with Crippen LogP contribution in [0.5, 0.6) is 0 Å². The summed E-state index contributed by atoms with van der Waals surface area (Å²) < 4.78 is 0. The van der Waals surface area contributed by atoms with Crippen LogP contribution in [0.25, 0.3) is 0 Å². The first kappa shape index (κ1) is 14.0. The van der Waals surface area contributed by atoms with Gasteiger partial charge in [0, 0.05) is 17.7 Å². The summed E-state index contributed by atoms with van der Waals surface area (Å²) in [6.45, 7) is 12.6. The first-order valence-electron chi connectivity index (χ1n) is 6.38. The number of aliphatic hydroxyl groups excluding tert-OH is 1. The molecule has 2 heteroatoms. The summed E-state index contributed by atoms with van der Waals surface area (Å²) in [7, 11) is 0. The van der Waals surface area contributed by atoms with Gasteiger partial charge in [0.2, 0.25) is 0 Å². The van der Waals surface area contributed by atoms with Crippen molar-refractivity contribution in [1.29, 1.82) is 0 Å². The molecule has 0 aromatic heterocycles. The number of likely N-dealkylation sites (N-methyl/N-ethyl adjacent to an activating group) is 1.